The van der Waals surface area contributed by atoms with Crippen molar-refractivity contribution in [2.75, 3.05) is 6.61 Å². The van der Waals surface area contributed by atoms with Crippen molar-refractivity contribution in [1.82, 2.24) is 10.1 Å². The minimum Gasteiger partial charge on any atom is -0.463 e. The molecule has 0 unspecified atom stereocenters. The Bertz CT molecular complexity index is 1110. The maximum atomic E-state index is 12.0. The van der Waals surface area contributed by atoms with E-state index in [0.29, 0.717) is 11.4 Å². The van der Waals surface area contributed by atoms with E-state index in [1.165, 1.54) is 6.92 Å². The summed E-state index contributed by atoms with van der Waals surface area (Å²) in [4.78, 5) is 51.4. The predicted octanol–water partition coefficient (Wildman–Crippen LogP) is 1.51. The Hall–Kier alpha value is -4.00. The molecule has 2 heterocycles. The summed E-state index contributed by atoms with van der Waals surface area (Å²) in [5.41, 5.74) is 0.408. The molecule has 5 atom stereocenters. The second kappa shape index (κ2) is 11.6. The van der Waals surface area contributed by atoms with Gasteiger partial charge in [0.25, 0.3) is 5.89 Å². The predicted molar refractivity (Wildman–Crippen MR) is 117 cm³/mol. The van der Waals surface area contributed by atoms with Crippen molar-refractivity contribution in [1.29, 1.82) is 0 Å². The van der Waals surface area contributed by atoms with Gasteiger partial charge in [0, 0.05) is 27.7 Å². The third-order valence-electron chi connectivity index (χ3n) is 4.84. The third-order valence-corrected chi connectivity index (χ3v) is 4.84. The van der Waals surface area contributed by atoms with Crippen LogP contribution in [0.3, 0.4) is 0 Å². The molecule has 0 bridgehead atoms. The summed E-state index contributed by atoms with van der Waals surface area (Å²) in [6.07, 6.45) is -6.55. The number of carbonyl (C=O) groups excluding carboxylic acids is 4. The minimum atomic E-state index is -1.39. The zero-order valence-corrected chi connectivity index (χ0v) is 20.3. The van der Waals surface area contributed by atoms with E-state index in [0.717, 1.165) is 20.8 Å². The minimum absolute atomic E-state index is 0.161. The number of nitrogens with zero attached hydrogens (tertiary/aromatic N) is 2. The Kier molecular flexibility index (Phi) is 8.59. The fourth-order valence-electron chi connectivity index (χ4n) is 3.56. The van der Waals surface area contributed by atoms with Gasteiger partial charge in [0.2, 0.25) is 12.4 Å². The van der Waals surface area contributed by atoms with Crippen LogP contribution in [-0.2, 0) is 42.9 Å². The summed E-state index contributed by atoms with van der Waals surface area (Å²) in [7, 11) is 0. The number of esters is 4. The molecule has 0 amide bonds. The zero-order chi connectivity index (χ0) is 26.4. The molecule has 36 heavy (non-hydrogen) atoms. The Morgan fingerprint density at radius 3 is 2.06 bits per heavy atom. The smallest absolute Gasteiger partial charge is 0.303 e. The first-order valence-electron chi connectivity index (χ1n) is 10.9. The molecule has 1 aromatic heterocycles. The van der Waals surface area contributed by atoms with E-state index in [4.69, 9.17) is 32.9 Å². The van der Waals surface area contributed by atoms with E-state index >= 15 is 0 Å². The highest BCUT2D eigenvalue weighted by Crippen LogP contribution is 2.34. The number of aromatic nitrogens is 2. The van der Waals surface area contributed by atoms with E-state index in [2.05, 4.69) is 10.1 Å². The fourth-order valence-corrected chi connectivity index (χ4v) is 3.56. The molecule has 2 aromatic rings. The molecule has 1 saturated heterocycles. The summed E-state index contributed by atoms with van der Waals surface area (Å²) in [5, 5.41) is 3.77. The summed E-state index contributed by atoms with van der Waals surface area (Å²) in [6, 6.07) is 6.64. The van der Waals surface area contributed by atoms with Gasteiger partial charge in [-0.05, 0) is 19.1 Å². The standard InChI is InChI=1S/C23H26N2O11/c1-11-24-22(36-25-11)16-8-6-7-9-17(16)34-23-21(33-15(5)29)20(32-14(4)28)19(31-13(3)27)18(35-23)10-30-12(2)26/h6-9,18-21,23H,10H2,1-5H3/t18-,19-,20+,21-,23+/m1/s1. The van der Waals surface area contributed by atoms with Gasteiger partial charge in [-0.2, -0.15) is 4.98 Å². The normalized spacial score (nSPS) is 23.3. The van der Waals surface area contributed by atoms with Crippen molar-refractivity contribution in [2.24, 2.45) is 0 Å². The summed E-state index contributed by atoms with van der Waals surface area (Å²) >= 11 is 0. The van der Waals surface area contributed by atoms with Crippen LogP contribution in [0.15, 0.2) is 28.8 Å². The zero-order valence-electron chi connectivity index (χ0n) is 20.3. The maximum absolute atomic E-state index is 12.0. The third kappa shape index (κ3) is 6.78. The number of carbonyl (C=O) groups is 4. The van der Waals surface area contributed by atoms with E-state index in [1.54, 1.807) is 31.2 Å². The highest BCUT2D eigenvalue weighted by atomic mass is 16.7. The molecule has 1 aliphatic heterocycles. The number of hydrogen-bond acceptors (Lipinski definition) is 13. The van der Waals surface area contributed by atoms with Gasteiger partial charge in [0.1, 0.15) is 18.5 Å². The largest absolute Gasteiger partial charge is 0.463 e. The van der Waals surface area contributed by atoms with Crippen LogP contribution in [0.2, 0.25) is 0 Å². The van der Waals surface area contributed by atoms with Crippen molar-refractivity contribution >= 4 is 23.9 Å². The first-order valence-corrected chi connectivity index (χ1v) is 10.9. The molecule has 0 radical (unpaired) electrons. The Morgan fingerprint density at radius 2 is 1.47 bits per heavy atom. The van der Waals surface area contributed by atoms with Crippen LogP contribution in [0.25, 0.3) is 11.5 Å². The van der Waals surface area contributed by atoms with Crippen LogP contribution in [-0.4, -0.2) is 71.3 Å². The topological polar surface area (TPSA) is 163 Å². The molecule has 0 aliphatic carbocycles. The van der Waals surface area contributed by atoms with Crippen molar-refractivity contribution in [3.63, 3.8) is 0 Å². The molecule has 13 heteroatoms. The molecular weight excluding hydrogens is 480 g/mol. The average molecular weight is 506 g/mol. The number of ether oxygens (including phenoxy) is 6. The lowest BCUT2D eigenvalue weighted by Gasteiger charge is -2.44. The molecular formula is C23H26N2O11. The summed E-state index contributed by atoms with van der Waals surface area (Å²) in [6.45, 7) is 5.88. The van der Waals surface area contributed by atoms with Crippen molar-refractivity contribution in [3.8, 4) is 17.2 Å². The molecule has 0 spiro atoms. The fraction of sp³-hybridized carbons (Fsp3) is 0.478. The summed E-state index contributed by atoms with van der Waals surface area (Å²) < 4.78 is 38.5. The number of hydrogen-bond donors (Lipinski definition) is 0. The highest BCUT2D eigenvalue weighted by Gasteiger charge is 2.53. The van der Waals surface area contributed by atoms with Gasteiger partial charge in [-0.1, -0.05) is 17.3 Å². The van der Waals surface area contributed by atoms with Crippen LogP contribution >= 0.6 is 0 Å². The number of benzene rings is 1. The lowest BCUT2D eigenvalue weighted by molar-refractivity contribution is -0.288. The number of rotatable bonds is 8. The van der Waals surface area contributed by atoms with Gasteiger partial charge >= 0.3 is 23.9 Å². The molecule has 194 valence electrons. The van der Waals surface area contributed by atoms with Gasteiger partial charge in [0.15, 0.2) is 18.0 Å². The van der Waals surface area contributed by atoms with E-state index in [9.17, 15) is 19.2 Å². The van der Waals surface area contributed by atoms with Gasteiger partial charge in [-0.25, -0.2) is 0 Å². The van der Waals surface area contributed by atoms with Crippen LogP contribution in [0, 0.1) is 6.92 Å². The second-order valence-corrected chi connectivity index (χ2v) is 7.83. The Balaban J connectivity index is 2.03. The van der Waals surface area contributed by atoms with Crippen LogP contribution in [0.4, 0.5) is 0 Å². The molecule has 3 rings (SSSR count). The Morgan fingerprint density at radius 1 is 0.861 bits per heavy atom. The van der Waals surface area contributed by atoms with E-state index in [1.807, 2.05) is 0 Å². The summed E-state index contributed by atoms with van der Waals surface area (Å²) in [5.74, 6) is -2.08. The number of para-hydroxylation sites is 1. The quantitative estimate of drug-likeness (QED) is 0.374. The van der Waals surface area contributed by atoms with Crippen molar-refractivity contribution < 1.29 is 52.1 Å². The van der Waals surface area contributed by atoms with Gasteiger partial charge < -0.3 is 32.9 Å². The molecule has 0 N–H and O–H groups in total. The van der Waals surface area contributed by atoms with Crippen molar-refractivity contribution in [3.05, 3.63) is 30.1 Å². The monoisotopic (exact) mass is 506 g/mol. The average Bonchev–Trinajstić information content (AvgIpc) is 3.22. The second-order valence-electron chi connectivity index (χ2n) is 7.83. The first kappa shape index (κ1) is 26.6. The molecule has 1 aliphatic rings. The van der Waals surface area contributed by atoms with Crippen LogP contribution in [0.5, 0.6) is 5.75 Å². The lowest BCUT2D eigenvalue weighted by atomic mass is 9.98. The van der Waals surface area contributed by atoms with E-state index in [-0.39, 0.29) is 18.2 Å². The molecule has 1 aromatic carbocycles. The molecule has 0 saturated carbocycles. The molecule has 13 nitrogen and oxygen atoms in total. The SMILES string of the molecule is CC(=O)OC[C@H]1O[C@H](Oc2ccccc2-c2nc(C)no2)[C@H](OC(C)=O)[C@@H](OC(C)=O)[C@@H]1OC(C)=O. The van der Waals surface area contributed by atoms with Crippen molar-refractivity contribution in [2.45, 2.75) is 65.3 Å². The van der Waals surface area contributed by atoms with Gasteiger partial charge in [-0.3, -0.25) is 19.2 Å². The first-order chi connectivity index (χ1) is 17.0. The van der Waals surface area contributed by atoms with E-state index < -0.39 is 54.6 Å². The van der Waals surface area contributed by atoms with Gasteiger partial charge in [0.05, 0.1) is 5.56 Å². The number of aryl methyl sites for hydroxylation is 1. The molecule has 1 fully saturated rings. The Labute approximate surface area is 205 Å². The highest BCUT2D eigenvalue weighted by molar-refractivity contribution is 5.69. The van der Waals surface area contributed by atoms with Crippen LogP contribution in [0.1, 0.15) is 33.5 Å². The maximum Gasteiger partial charge on any atom is 0.303 e. The van der Waals surface area contributed by atoms with Gasteiger partial charge in [-0.15, -0.1) is 0 Å². The van der Waals surface area contributed by atoms with Crippen LogP contribution < -0.4 is 4.74 Å². The lowest BCUT2D eigenvalue weighted by Crippen LogP contribution is -2.63.